The van der Waals surface area contributed by atoms with Crippen LogP contribution in [0.2, 0.25) is 0 Å². The van der Waals surface area contributed by atoms with Gasteiger partial charge in [0.1, 0.15) is 17.6 Å². The third-order valence-electron chi connectivity index (χ3n) is 3.09. The number of benzene rings is 1. The minimum Gasteiger partial charge on any atom is -0.485 e. The second-order valence-electron chi connectivity index (χ2n) is 4.78. The van der Waals surface area contributed by atoms with Crippen molar-refractivity contribution in [3.05, 3.63) is 41.8 Å². The molecule has 1 aromatic carbocycles. The second kappa shape index (κ2) is 8.44. The number of ether oxygens (including phenoxy) is 1. The molecule has 0 fully saturated rings. The highest BCUT2D eigenvalue weighted by Gasteiger charge is 2.19. The molecule has 126 valence electrons. The van der Waals surface area contributed by atoms with Crippen LogP contribution < -0.4 is 4.74 Å². The molecule has 7 nitrogen and oxygen atoms in total. The van der Waals surface area contributed by atoms with Crippen molar-refractivity contribution in [3.63, 3.8) is 0 Å². The molecular weight excluding hydrogens is 329 g/mol. The van der Waals surface area contributed by atoms with Crippen molar-refractivity contribution < 1.29 is 23.6 Å². The van der Waals surface area contributed by atoms with Crippen LogP contribution in [0, 0.1) is 5.82 Å². The molecule has 0 aliphatic rings. The maximum absolute atomic E-state index is 12.8. The second-order valence-corrected chi connectivity index (χ2v) is 4.78. The summed E-state index contributed by atoms with van der Waals surface area (Å²) in [5.74, 6) is -0.153. The van der Waals surface area contributed by atoms with E-state index in [0.717, 1.165) is 0 Å². The van der Waals surface area contributed by atoms with Gasteiger partial charge >= 0.3 is 5.97 Å². The first-order chi connectivity index (χ1) is 10.5. The van der Waals surface area contributed by atoms with E-state index in [1.807, 2.05) is 0 Å². The van der Waals surface area contributed by atoms with Crippen LogP contribution in [-0.2, 0) is 17.9 Å². The van der Waals surface area contributed by atoms with E-state index in [1.54, 1.807) is 18.9 Å². The first-order valence-electron chi connectivity index (χ1n) is 6.58. The number of hydrogen-bond acceptors (Lipinski definition) is 6. The minimum absolute atomic E-state index is 0. The number of likely N-dealkylation sites (N-methyl/N-ethyl adjacent to an activating group) is 1. The van der Waals surface area contributed by atoms with Gasteiger partial charge < -0.3 is 14.4 Å². The van der Waals surface area contributed by atoms with E-state index in [1.165, 1.54) is 24.3 Å². The third kappa shape index (κ3) is 5.50. The summed E-state index contributed by atoms with van der Waals surface area (Å²) in [5, 5.41) is 12.7. The summed E-state index contributed by atoms with van der Waals surface area (Å²) in [6.07, 6.45) is 0. The number of carbonyl (C=O) groups is 1. The predicted octanol–water partition coefficient (Wildman–Crippen LogP) is 2.11. The SMILES string of the molecule is CC(C(=O)O)N(C)Cc1nc(COc2ccc(F)cc2)no1.Cl. The van der Waals surface area contributed by atoms with E-state index >= 15 is 0 Å². The molecule has 0 amide bonds. The van der Waals surface area contributed by atoms with Crippen molar-refractivity contribution in [2.24, 2.45) is 0 Å². The van der Waals surface area contributed by atoms with Crippen molar-refractivity contribution >= 4 is 18.4 Å². The van der Waals surface area contributed by atoms with Crippen molar-refractivity contribution in [1.29, 1.82) is 0 Å². The first-order valence-corrected chi connectivity index (χ1v) is 6.58. The van der Waals surface area contributed by atoms with E-state index < -0.39 is 12.0 Å². The predicted molar refractivity (Wildman–Crippen MR) is 80.8 cm³/mol. The smallest absolute Gasteiger partial charge is 0.320 e. The Bertz CT molecular complexity index is 635. The van der Waals surface area contributed by atoms with Crippen LogP contribution in [0.1, 0.15) is 18.6 Å². The molecule has 0 saturated carbocycles. The summed E-state index contributed by atoms with van der Waals surface area (Å²) in [6.45, 7) is 1.86. The molecule has 0 aliphatic heterocycles. The van der Waals surface area contributed by atoms with Crippen LogP contribution in [0.25, 0.3) is 0 Å². The molecule has 0 saturated heterocycles. The molecular formula is C14H17ClFN3O4. The van der Waals surface area contributed by atoms with Gasteiger partial charge in [0.15, 0.2) is 6.61 Å². The van der Waals surface area contributed by atoms with Crippen molar-refractivity contribution in [2.75, 3.05) is 7.05 Å². The lowest BCUT2D eigenvalue weighted by Gasteiger charge is -2.18. The lowest BCUT2D eigenvalue weighted by atomic mass is 10.3. The molecule has 1 atom stereocenters. The van der Waals surface area contributed by atoms with E-state index in [0.29, 0.717) is 17.5 Å². The van der Waals surface area contributed by atoms with Gasteiger partial charge in [-0.3, -0.25) is 9.69 Å². The standard InChI is InChI=1S/C14H16FN3O4.ClH/c1-9(14(19)20)18(2)7-13-16-12(17-22-13)8-21-11-5-3-10(15)4-6-11;/h3-6,9H,7-8H2,1-2H3,(H,19,20);1H. The molecule has 9 heteroatoms. The van der Waals surface area contributed by atoms with Crippen LogP contribution in [0.15, 0.2) is 28.8 Å². The van der Waals surface area contributed by atoms with E-state index in [2.05, 4.69) is 10.1 Å². The Morgan fingerprint density at radius 2 is 2.09 bits per heavy atom. The molecule has 2 aromatic rings. The highest BCUT2D eigenvalue weighted by Crippen LogP contribution is 2.13. The highest BCUT2D eigenvalue weighted by atomic mass is 35.5. The maximum Gasteiger partial charge on any atom is 0.320 e. The number of nitrogens with zero attached hydrogens (tertiary/aromatic N) is 3. The summed E-state index contributed by atoms with van der Waals surface area (Å²) < 4.78 is 23.2. The van der Waals surface area contributed by atoms with Gasteiger partial charge in [0, 0.05) is 0 Å². The van der Waals surface area contributed by atoms with Crippen molar-refractivity contribution in [2.45, 2.75) is 26.1 Å². The Morgan fingerprint density at radius 1 is 1.43 bits per heavy atom. The minimum atomic E-state index is -0.929. The van der Waals surface area contributed by atoms with Crippen LogP contribution in [-0.4, -0.2) is 39.2 Å². The first kappa shape index (κ1) is 18.9. The molecule has 1 aromatic heterocycles. The zero-order valence-electron chi connectivity index (χ0n) is 12.6. The third-order valence-corrected chi connectivity index (χ3v) is 3.09. The van der Waals surface area contributed by atoms with Crippen molar-refractivity contribution in [3.8, 4) is 5.75 Å². The topological polar surface area (TPSA) is 88.7 Å². The Balaban J connectivity index is 0.00000264. The Hall–Kier alpha value is -2.19. The number of hydrogen-bond donors (Lipinski definition) is 1. The molecule has 1 heterocycles. The summed E-state index contributed by atoms with van der Waals surface area (Å²) in [6, 6.07) is 4.92. The quantitative estimate of drug-likeness (QED) is 0.822. The number of carboxylic acid groups (broad SMARTS) is 1. The van der Waals surface area contributed by atoms with Crippen LogP contribution in [0.3, 0.4) is 0 Å². The zero-order valence-corrected chi connectivity index (χ0v) is 13.4. The number of aliphatic carboxylic acids is 1. The van der Waals surface area contributed by atoms with E-state index in [4.69, 9.17) is 14.4 Å². The van der Waals surface area contributed by atoms with Gasteiger partial charge in [-0.05, 0) is 38.2 Å². The number of carboxylic acids is 1. The number of halogens is 2. The largest absolute Gasteiger partial charge is 0.485 e. The van der Waals surface area contributed by atoms with Gasteiger partial charge in [-0.15, -0.1) is 12.4 Å². The lowest BCUT2D eigenvalue weighted by molar-refractivity contribution is -0.142. The molecule has 0 aliphatic carbocycles. The lowest BCUT2D eigenvalue weighted by Crippen LogP contribution is -2.35. The molecule has 0 bridgehead atoms. The average molecular weight is 346 g/mol. The zero-order chi connectivity index (χ0) is 16.1. The fourth-order valence-corrected chi connectivity index (χ4v) is 1.63. The monoisotopic (exact) mass is 345 g/mol. The molecule has 0 radical (unpaired) electrons. The molecule has 0 spiro atoms. The summed E-state index contributed by atoms with van der Waals surface area (Å²) in [5.41, 5.74) is 0. The molecule has 2 rings (SSSR count). The van der Waals surface area contributed by atoms with E-state index in [-0.39, 0.29) is 31.4 Å². The number of aromatic nitrogens is 2. The molecule has 1 unspecified atom stereocenters. The summed E-state index contributed by atoms with van der Waals surface area (Å²) in [7, 11) is 1.65. The van der Waals surface area contributed by atoms with E-state index in [9.17, 15) is 9.18 Å². The van der Waals surface area contributed by atoms with Crippen LogP contribution >= 0.6 is 12.4 Å². The van der Waals surface area contributed by atoms with Gasteiger partial charge in [-0.25, -0.2) is 4.39 Å². The Labute approximate surface area is 138 Å². The summed E-state index contributed by atoms with van der Waals surface area (Å²) >= 11 is 0. The van der Waals surface area contributed by atoms with Crippen LogP contribution in [0.4, 0.5) is 4.39 Å². The van der Waals surface area contributed by atoms with Gasteiger partial charge in [0.25, 0.3) is 0 Å². The average Bonchev–Trinajstić information content (AvgIpc) is 2.93. The molecule has 1 N–H and O–H groups in total. The highest BCUT2D eigenvalue weighted by molar-refractivity contribution is 5.85. The van der Waals surface area contributed by atoms with Crippen LogP contribution in [0.5, 0.6) is 5.75 Å². The van der Waals surface area contributed by atoms with Crippen molar-refractivity contribution in [1.82, 2.24) is 15.0 Å². The summed E-state index contributed by atoms with van der Waals surface area (Å²) in [4.78, 5) is 16.5. The van der Waals surface area contributed by atoms with Gasteiger partial charge in [0.2, 0.25) is 11.7 Å². The fraction of sp³-hybridized carbons (Fsp3) is 0.357. The van der Waals surface area contributed by atoms with Gasteiger partial charge in [-0.1, -0.05) is 5.16 Å². The Morgan fingerprint density at radius 3 is 2.70 bits per heavy atom. The number of rotatable bonds is 7. The normalized spacial score (nSPS) is 11.8. The molecule has 23 heavy (non-hydrogen) atoms. The fourth-order valence-electron chi connectivity index (χ4n) is 1.63. The van der Waals surface area contributed by atoms with Gasteiger partial charge in [0.05, 0.1) is 6.54 Å². The Kier molecular flexibility index (Phi) is 6.92. The maximum atomic E-state index is 12.8. The van der Waals surface area contributed by atoms with Gasteiger partial charge in [-0.2, -0.15) is 4.98 Å².